The molecule has 0 saturated carbocycles. The lowest BCUT2D eigenvalue weighted by molar-refractivity contribution is 0.0599. The highest BCUT2D eigenvalue weighted by Gasteiger charge is 2.22. The molecular formula is C20H14BrCl2FN2O2. The van der Waals surface area contributed by atoms with E-state index in [4.69, 9.17) is 27.9 Å². The van der Waals surface area contributed by atoms with Crippen molar-refractivity contribution in [3.8, 4) is 11.8 Å². The lowest BCUT2D eigenvalue weighted by Gasteiger charge is -2.12. The highest BCUT2D eigenvalue weighted by atomic mass is 79.9. The number of rotatable bonds is 4. The van der Waals surface area contributed by atoms with E-state index in [0.29, 0.717) is 16.1 Å². The van der Waals surface area contributed by atoms with Crippen LogP contribution in [0, 0.1) is 17.7 Å². The Morgan fingerprint density at radius 2 is 2.14 bits per heavy atom. The summed E-state index contributed by atoms with van der Waals surface area (Å²) < 4.78 is 22.7. The fourth-order valence-electron chi connectivity index (χ4n) is 2.83. The van der Waals surface area contributed by atoms with Crippen molar-refractivity contribution in [3.63, 3.8) is 0 Å². The molecule has 0 spiro atoms. The van der Waals surface area contributed by atoms with E-state index in [9.17, 15) is 4.79 Å². The van der Waals surface area contributed by atoms with E-state index in [1.807, 2.05) is 0 Å². The number of nitrogens with zero attached hydrogens (tertiary/aromatic N) is 2. The fraction of sp³-hybridized carbons (Fsp3) is 0.200. The van der Waals surface area contributed by atoms with E-state index in [1.54, 1.807) is 28.8 Å². The van der Waals surface area contributed by atoms with Crippen LogP contribution >= 0.6 is 39.1 Å². The highest BCUT2D eigenvalue weighted by molar-refractivity contribution is 9.10. The first kappa shape index (κ1) is 20.7. The topological polar surface area (TPSA) is 44.1 Å². The number of ether oxygens (including phenoxy) is 1. The molecule has 3 aromatic rings. The van der Waals surface area contributed by atoms with Crippen LogP contribution in [0.1, 0.15) is 21.5 Å². The van der Waals surface area contributed by atoms with Gasteiger partial charge in [0.2, 0.25) is 0 Å². The van der Waals surface area contributed by atoms with Crippen LogP contribution in [-0.4, -0.2) is 28.5 Å². The summed E-state index contributed by atoms with van der Waals surface area (Å²) in [5, 5.41) is 0.464. The molecule has 0 radical (unpaired) electrons. The third-order valence-corrected chi connectivity index (χ3v) is 5.16. The van der Waals surface area contributed by atoms with Crippen LogP contribution in [0.15, 0.2) is 35.1 Å². The molecule has 144 valence electrons. The quantitative estimate of drug-likeness (QED) is 0.290. The Labute approximate surface area is 179 Å². The van der Waals surface area contributed by atoms with Crippen LogP contribution in [0.25, 0.3) is 11.0 Å². The molecule has 0 fully saturated rings. The number of imidazole rings is 1. The third-order valence-electron chi connectivity index (χ3n) is 4.19. The number of benzene rings is 2. The Hall–Kier alpha value is -2.07. The average molecular weight is 484 g/mol. The smallest absolute Gasteiger partial charge is 0.338 e. The van der Waals surface area contributed by atoms with Gasteiger partial charge in [0.05, 0.1) is 36.9 Å². The number of esters is 1. The SMILES string of the molecule is COC(=O)c1cc2c(ncn2CC#CCCl)c(F)c1Cc1ccc(Br)cc1Cl. The summed E-state index contributed by atoms with van der Waals surface area (Å²) in [7, 11) is 1.25. The van der Waals surface area contributed by atoms with E-state index in [2.05, 4.69) is 32.8 Å². The normalized spacial score (nSPS) is 10.6. The minimum absolute atomic E-state index is 0.122. The number of methoxy groups -OCH3 is 1. The number of alkyl halides is 1. The largest absolute Gasteiger partial charge is 0.465 e. The first-order valence-electron chi connectivity index (χ1n) is 8.16. The molecule has 0 unspecified atom stereocenters. The van der Waals surface area contributed by atoms with Gasteiger partial charge in [-0.05, 0) is 23.8 Å². The van der Waals surface area contributed by atoms with Gasteiger partial charge in [-0.25, -0.2) is 14.2 Å². The lowest BCUT2D eigenvalue weighted by Crippen LogP contribution is -2.10. The summed E-state index contributed by atoms with van der Waals surface area (Å²) in [5.74, 6) is 4.57. The number of fused-ring (bicyclic) bond motifs is 1. The Morgan fingerprint density at radius 1 is 1.36 bits per heavy atom. The summed E-state index contributed by atoms with van der Waals surface area (Å²) in [6.45, 7) is 0.279. The van der Waals surface area contributed by atoms with Gasteiger partial charge in [-0.1, -0.05) is 45.4 Å². The van der Waals surface area contributed by atoms with E-state index in [-0.39, 0.29) is 35.5 Å². The standard InChI is InChI=1S/C20H14BrCl2FN2O2/c1-28-20(27)15-10-17-19(25-11-26(17)7-3-2-6-22)18(24)14(15)8-12-4-5-13(21)9-16(12)23/h4-5,9-11H,6-8H2,1H3. The Balaban J connectivity index is 2.15. The minimum Gasteiger partial charge on any atom is -0.465 e. The van der Waals surface area contributed by atoms with E-state index >= 15 is 4.39 Å². The first-order valence-corrected chi connectivity index (χ1v) is 9.87. The second kappa shape index (κ2) is 8.95. The molecule has 28 heavy (non-hydrogen) atoms. The molecule has 0 aliphatic rings. The summed E-state index contributed by atoms with van der Waals surface area (Å²) in [5.41, 5.74) is 1.59. The molecule has 0 saturated heterocycles. The molecule has 1 heterocycles. The first-order chi connectivity index (χ1) is 13.5. The second-order valence-corrected chi connectivity index (χ2v) is 7.44. The summed E-state index contributed by atoms with van der Waals surface area (Å²) >= 11 is 15.2. The zero-order valence-corrected chi connectivity index (χ0v) is 17.8. The van der Waals surface area contributed by atoms with Gasteiger partial charge in [-0.15, -0.1) is 11.6 Å². The van der Waals surface area contributed by atoms with Gasteiger partial charge in [0.1, 0.15) is 5.52 Å². The molecule has 0 aliphatic carbocycles. The van der Waals surface area contributed by atoms with Crippen molar-refractivity contribution in [1.82, 2.24) is 9.55 Å². The molecule has 8 heteroatoms. The summed E-state index contributed by atoms with van der Waals surface area (Å²) in [6, 6.07) is 6.87. The number of hydrogen-bond donors (Lipinski definition) is 0. The van der Waals surface area contributed by atoms with Crippen molar-refractivity contribution in [3.05, 3.63) is 62.6 Å². The molecule has 0 atom stereocenters. The van der Waals surface area contributed by atoms with Crippen molar-refractivity contribution in [1.29, 1.82) is 0 Å². The van der Waals surface area contributed by atoms with Gasteiger partial charge in [-0.3, -0.25) is 0 Å². The molecule has 4 nitrogen and oxygen atoms in total. The predicted octanol–water partition coefficient (Wildman–Crippen LogP) is 5.21. The number of aromatic nitrogens is 2. The Morgan fingerprint density at radius 3 is 2.82 bits per heavy atom. The van der Waals surface area contributed by atoms with Gasteiger partial charge in [0, 0.05) is 21.5 Å². The Bertz CT molecular complexity index is 1120. The molecule has 0 N–H and O–H groups in total. The van der Waals surface area contributed by atoms with Gasteiger partial charge in [0.15, 0.2) is 5.82 Å². The zero-order valence-electron chi connectivity index (χ0n) is 14.7. The third kappa shape index (κ3) is 4.17. The van der Waals surface area contributed by atoms with Crippen LogP contribution in [0.2, 0.25) is 5.02 Å². The van der Waals surface area contributed by atoms with Crippen LogP contribution in [0.5, 0.6) is 0 Å². The maximum Gasteiger partial charge on any atom is 0.338 e. The fourth-order valence-corrected chi connectivity index (χ4v) is 3.67. The summed E-state index contributed by atoms with van der Waals surface area (Å²) in [4.78, 5) is 16.5. The molecule has 1 aromatic heterocycles. The van der Waals surface area contributed by atoms with E-state index < -0.39 is 11.8 Å². The van der Waals surface area contributed by atoms with Crippen molar-refractivity contribution in [2.24, 2.45) is 0 Å². The van der Waals surface area contributed by atoms with Crippen molar-refractivity contribution in [2.45, 2.75) is 13.0 Å². The molecule has 3 rings (SSSR count). The Kier molecular flexibility index (Phi) is 6.61. The van der Waals surface area contributed by atoms with E-state index in [0.717, 1.165) is 4.47 Å². The molecule has 2 aromatic carbocycles. The summed E-state index contributed by atoms with van der Waals surface area (Å²) in [6.07, 6.45) is 1.60. The van der Waals surface area contributed by atoms with Gasteiger partial charge < -0.3 is 9.30 Å². The number of halogens is 4. The number of carbonyl (C=O) groups is 1. The van der Waals surface area contributed by atoms with Gasteiger partial charge >= 0.3 is 5.97 Å². The van der Waals surface area contributed by atoms with E-state index in [1.165, 1.54) is 13.4 Å². The van der Waals surface area contributed by atoms with Crippen molar-refractivity contribution >= 4 is 56.1 Å². The highest BCUT2D eigenvalue weighted by Crippen LogP contribution is 2.30. The number of hydrogen-bond acceptors (Lipinski definition) is 3. The maximum atomic E-state index is 15.3. The molecule has 0 aliphatic heterocycles. The molecule has 0 bridgehead atoms. The monoisotopic (exact) mass is 482 g/mol. The van der Waals surface area contributed by atoms with Crippen LogP contribution in [0.4, 0.5) is 4.39 Å². The minimum atomic E-state index is -0.636. The van der Waals surface area contributed by atoms with Crippen molar-refractivity contribution in [2.75, 3.05) is 13.0 Å². The lowest BCUT2D eigenvalue weighted by atomic mass is 9.98. The molecule has 0 amide bonds. The zero-order chi connectivity index (χ0) is 20.3. The predicted molar refractivity (Wildman–Crippen MR) is 111 cm³/mol. The van der Waals surface area contributed by atoms with Gasteiger partial charge in [-0.2, -0.15) is 0 Å². The van der Waals surface area contributed by atoms with Crippen LogP contribution in [-0.2, 0) is 17.7 Å². The van der Waals surface area contributed by atoms with Crippen molar-refractivity contribution < 1.29 is 13.9 Å². The number of carbonyl (C=O) groups excluding carboxylic acids is 1. The average Bonchev–Trinajstić information content (AvgIpc) is 3.08. The maximum absolute atomic E-state index is 15.3. The molecular weight excluding hydrogens is 470 g/mol. The van der Waals surface area contributed by atoms with Crippen LogP contribution in [0.3, 0.4) is 0 Å². The van der Waals surface area contributed by atoms with Crippen LogP contribution < -0.4 is 0 Å². The second-order valence-electron chi connectivity index (χ2n) is 5.85. The van der Waals surface area contributed by atoms with Gasteiger partial charge in [0.25, 0.3) is 0 Å².